The van der Waals surface area contributed by atoms with E-state index in [0.717, 1.165) is 78.2 Å². The monoisotopic (exact) mass is 828 g/mol. The van der Waals surface area contributed by atoms with Gasteiger partial charge < -0.3 is 14.2 Å². The van der Waals surface area contributed by atoms with Gasteiger partial charge in [-0.2, -0.15) is 0 Å². The van der Waals surface area contributed by atoms with Crippen molar-refractivity contribution in [3.8, 4) is 33.4 Å². The van der Waals surface area contributed by atoms with Crippen LogP contribution >= 0.6 is 15.9 Å². The lowest BCUT2D eigenvalue weighted by Crippen LogP contribution is -2.38. The average molecular weight is 830 g/mol. The summed E-state index contributed by atoms with van der Waals surface area (Å²) in [4.78, 5) is 37.2. The van der Waals surface area contributed by atoms with Gasteiger partial charge in [-0.25, -0.2) is 14.4 Å². The number of benzene rings is 7. The summed E-state index contributed by atoms with van der Waals surface area (Å²) in [7, 11) is 0. The minimum Gasteiger partial charge on any atom is -0.461 e. The third-order valence-corrected chi connectivity index (χ3v) is 11.9. The fourth-order valence-electron chi connectivity index (χ4n) is 8.27. The summed E-state index contributed by atoms with van der Waals surface area (Å²) in [5.41, 5.74) is 8.34. The molecule has 0 unspecified atom stereocenters. The number of hydrogen-bond acceptors (Lipinski definition) is 6. The van der Waals surface area contributed by atoms with Crippen LogP contribution in [0.5, 0.6) is 0 Å². The molecule has 0 N–H and O–H groups in total. The Bertz CT molecular complexity index is 2800. The largest absolute Gasteiger partial charge is 0.461 e. The third-order valence-electron chi connectivity index (χ3n) is 11.3. The number of halogens is 1. The molecule has 7 aromatic carbocycles. The fourth-order valence-corrected chi connectivity index (χ4v) is 8.94. The minimum atomic E-state index is -1.11. The Kier molecular flexibility index (Phi) is 9.90. The van der Waals surface area contributed by atoms with Gasteiger partial charge in [0, 0.05) is 28.3 Å². The van der Waals surface area contributed by atoms with Crippen molar-refractivity contribution in [1.29, 1.82) is 0 Å². The molecule has 0 saturated carbocycles. The van der Waals surface area contributed by atoms with Crippen LogP contribution in [0.25, 0.3) is 65.7 Å². The first-order valence-electron chi connectivity index (χ1n) is 19.0. The van der Waals surface area contributed by atoms with Crippen molar-refractivity contribution in [3.63, 3.8) is 0 Å². The molecule has 0 bridgehead atoms. The van der Waals surface area contributed by atoms with Gasteiger partial charge in [0.05, 0.1) is 5.41 Å². The zero-order chi connectivity index (χ0) is 40.9. The molecule has 0 amide bonds. The maximum atomic E-state index is 12.8. The number of esters is 3. The Morgan fingerprint density at radius 1 is 0.603 bits per heavy atom. The first kappa shape index (κ1) is 38.6. The van der Waals surface area contributed by atoms with Gasteiger partial charge in [-0.05, 0) is 106 Å². The number of rotatable bonds is 11. The first-order chi connectivity index (χ1) is 27.8. The molecule has 0 heterocycles. The molecule has 288 valence electrons. The molecule has 0 aromatic heterocycles. The highest BCUT2D eigenvalue weighted by atomic mass is 79.9. The maximum absolute atomic E-state index is 12.8. The van der Waals surface area contributed by atoms with Crippen molar-refractivity contribution in [2.24, 2.45) is 0 Å². The van der Waals surface area contributed by atoms with E-state index in [4.69, 9.17) is 14.2 Å². The number of carbonyl (C=O) groups is 3. The fraction of sp³-hybridized carbons (Fsp3) is 0.157. The zero-order valence-electron chi connectivity index (χ0n) is 32.6. The highest BCUT2D eigenvalue weighted by molar-refractivity contribution is 9.10. The Balaban J connectivity index is 1.31. The van der Waals surface area contributed by atoms with Crippen LogP contribution in [0.2, 0.25) is 0 Å². The third kappa shape index (κ3) is 6.69. The maximum Gasteiger partial charge on any atom is 0.330 e. The molecule has 7 aromatic rings. The molecule has 1 aliphatic rings. The Labute approximate surface area is 345 Å². The second kappa shape index (κ2) is 14.9. The quantitative estimate of drug-likeness (QED) is 0.0559. The van der Waals surface area contributed by atoms with Crippen LogP contribution in [-0.2, 0) is 46.0 Å². The normalized spacial score (nSPS) is 12.9. The second-order valence-corrected chi connectivity index (χ2v) is 16.6. The van der Waals surface area contributed by atoms with E-state index in [2.05, 4.69) is 135 Å². The van der Waals surface area contributed by atoms with E-state index < -0.39 is 23.3 Å². The Morgan fingerprint density at radius 3 is 1.79 bits per heavy atom. The summed E-state index contributed by atoms with van der Waals surface area (Å²) >= 11 is 3.90. The summed E-state index contributed by atoms with van der Waals surface area (Å²) in [6.45, 7) is 17.3. The molecular formula is C51H41BrO6. The molecular weight excluding hydrogens is 788 g/mol. The lowest BCUT2D eigenvalue weighted by atomic mass is 9.77. The summed E-state index contributed by atoms with van der Waals surface area (Å²) in [6, 6.07) is 36.1. The lowest BCUT2D eigenvalue weighted by Gasteiger charge is -2.31. The van der Waals surface area contributed by atoms with Crippen molar-refractivity contribution in [2.45, 2.75) is 38.2 Å². The summed E-state index contributed by atoms with van der Waals surface area (Å²) < 4.78 is 17.9. The predicted molar refractivity (Wildman–Crippen MR) is 236 cm³/mol. The van der Waals surface area contributed by atoms with Crippen LogP contribution in [0, 0.1) is 0 Å². The standard InChI is InChI=1S/C51H41BrO6/c1-7-44(53)56-27-30-10-12-31(13-11-30)36-25-42-49(43(52)26-36)40-21-17-33(24-41(40)51(42,28-57-45(54)8-2)29-58-46(55)9-3)38-19-16-32-14-15-34-22-37(50(4,5)6)23-35-18-20-39(38)48(32)47(34)35/h7-26H,1-3,27-29H2,4-6H3. The van der Waals surface area contributed by atoms with Crippen LogP contribution in [0.1, 0.15) is 43.0 Å². The van der Waals surface area contributed by atoms with E-state index in [1.54, 1.807) is 0 Å². The summed E-state index contributed by atoms with van der Waals surface area (Å²) in [5.74, 6) is -1.68. The smallest absolute Gasteiger partial charge is 0.330 e. The van der Waals surface area contributed by atoms with Crippen LogP contribution in [0.15, 0.2) is 146 Å². The summed E-state index contributed by atoms with van der Waals surface area (Å²) in [5, 5.41) is 7.16. The van der Waals surface area contributed by atoms with Gasteiger partial charge >= 0.3 is 17.9 Å². The van der Waals surface area contributed by atoms with Gasteiger partial charge in [0.1, 0.15) is 19.8 Å². The van der Waals surface area contributed by atoms with Crippen molar-refractivity contribution in [3.05, 3.63) is 168 Å². The van der Waals surface area contributed by atoms with Gasteiger partial charge in [0.15, 0.2) is 0 Å². The van der Waals surface area contributed by atoms with E-state index in [1.165, 1.54) is 32.5 Å². The van der Waals surface area contributed by atoms with Crippen LogP contribution < -0.4 is 0 Å². The van der Waals surface area contributed by atoms with Crippen molar-refractivity contribution >= 4 is 66.2 Å². The van der Waals surface area contributed by atoms with E-state index >= 15 is 0 Å². The van der Waals surface area contributed by atoms with Gasteiger partial charge in [-0.15, -0.1) is 0 Å². The van der Waals surface area contributed by atoms with Gasteiger partial charge in [-0.3, -0.25) is 0 Å². The molecule has 0 aliphatic heterocycles. The SMILES string of the molecule is C=CC(=O)OCc1ccc(-c2cc(Br)c3c(c2)C(COC(=O)C=C)(COC(=O)C=C)c2cc(-c4ccc5ccc6cc(C(C)(C)C)cc7ccc4c5c67)ccc2-3)cc1. The molecule has 0 fully saturated rings. The molecule has 1 aliphatic carbocycles. The van der Waals surface area contributed by atoms with E-state index in [1.807, 2.05) is 24.3 Å². The van der Waals surface area contributed by atoms with Gasteiger partial charge in [-0.1, -0.05) is 141 Å². The molecule has 58 heavy (non-hydrogen) atoms. The number of fused-ring (bicyclic) bond motifs is 3. The zero-order valence-corrected chi connectivity index (χ0v) is 34.2. The lowest BCUT2D eigenvalue weighted by molar-refractivity contribution is -0.143. The van der Waals surface area contributed by atoms with Gasteiger partial charge in [0.2, 0.25) is 0 Å². The van der Waals surface area contributed by atoms with Crippen molar-refractivity contribution < 1.29 is 28.6 Å². The Morgan fingerprint density at radius 2 is 1.16 bits per heavy atom. The van der Waals surface area contributed by atoms with Crippen LogP contribution in [-0.4, -0.2) is 31.1 Å². The van der Waals surface area contributed by atoms with E-state index in [0.29, 0.717) is 0 Å². The molecule has 8 rings (SSSR count). The highest BCUT2D eigenvalue weighted by Crippen LogP contribution is 2.55. The number of ether oxygens (including phenoxy) is 3. The number of carbonyl (C=O) groups excluding carboxylic acids is 3. The molecule has 6 nitrogen and oxygen atoms in total. The molecule has 0 spiro atoms. The second-order valence-electron chi connectivity index (χ2n) is 15.8. The van der Waals surface area contributed by atoms with Crippen LogP contribution in [0.3, 0.4) is 0 Å². The molecule has 0 atom stereocenters. The van der Waals surface area contributed by atoms with E-state index in [9.17, 15) is 14.4 Å². The average Bonchev–Trinajstić information content (AvgIpc) is 3.51. The molecule has 0 radical (unpaired) electrons. The molecule has 7 heteroatoms. The highest BCUT2D eigenvalue weighted by Gasteiger charge is 2.47. The Hall–Kier alpha value is -6.31. The number of hydrogen-bond donors (Lipinski definition) is 0. The molecule has 0 saturated heterocycles. The van der Waals surface area contributed by atoms with Crippen LogP contribution in [0.4, 0.5) is 0 Å². The summed E-state index contributed by atoms with van der Waals surface area (Å²) in [6.07, 6.45) is 3.40. The first-order valence-corrected chi connectivity index (χ1v) is 19.8. The van der Waals surface area contributed by atoms with E-state index in [-0.39, 0.29) is 25.2 Å². The van der Waals surface area contributed by atoms with Crippen molar-refractivity contribution in [1.82, 2.24) is 0 Å². The predicted octanol–water partition coefficient (Wildman–Crippen LogP) is 11.9. The van der Waals surface area contributed by atoms with Gasteiger partial charge in [0.25, 0.3) is 0 Å². The minimum absolute atomic E-state index is 0.00774. The van der Waals surface area contributed by atoms with Crippen molar-refractivity contribution in [2.75, 3.05) is 13.2 Å². The topological polar surface area (TPSA) is 78.9 Å².